The number of hydrogen-bond acceptors (Lipinski definition) is 4. The van der Waals surface area contributed by atoms with E-state index in [0.717, 1.165) is 24.2 Å². The molecule has 0 fully saturated rings. The maximum absolute atomic E-state index is 12.5. The topological polar surface area (TPSA) is 59.8 Å². The van der Waals surface area contributed by atoms with Crippen molar-refractivity contribution in [3.05, 3.63) is 28.0 Å². The predicted octanol–water partition coefficient (Wildman–Crippen LogP) is 3.55. The van der Waals surface area contributed by atoms with E-state index in [4.69, 9.17) is 0 Å². The van der Waals surface area contributed by atoms with Crippen LogP contribution in [0.5, 0.6) is 0 Å². The molecule has 1 aliphatic rings. The van der Waals surface area contributed by atoms with Gasteiger partial charge >= 0.3 is 0 Å². The Hall–Kier alpha value is -1.69. The molecule has 2 aromatic heterocycles. The van der Waals surface area contributed by atoms with Crippen LogP contribution in [0, 0.1) is 5.92 Å². The van der Waals surface area contributed by atoms with Gasteiger partial charge in [-0.05, 0) is 31.2 Å². The summed E-state index contributed by atoms with van der Waals surface area (Å²) >= 11 is 1.61. The zero-order valence-electron chi connectivity index (χ0n) is 14.4. The molecule has 0 unspecified atom stereocenters. The quantitative estimate of drug-likeness (QED) is 0.915. The third-order valence-corrected chi connectivity index (χ3v) is 5.32. The molecular formula is C17H24N4OS. The van der Waals surface area contributed by atoms with E-state index in [9.17, 15) is 4.79 Å². The number of fused-ring (bicyclic) bond motifs is 1. The van der Waals surface area contributed by atoms with E-state index in [1.54, 1.807) is 23.1 Å². The standard InChI is InChI=1S/C17H24N4OS/c1-10-6-7-11-13(8-10)23-16(18-11)19-15(22)12-9-14(17(2,3)4)20-21(12)5/h9-10H,6-8H2,1-5H3,(H,18,19,22)/t10-/m0/s1. The van der Waals surface area contributed by atoms with Gasteiger partial charge in [0.15, 0.2) is 5.13 Å². The van der Waals surface area contributed by atoms with Crippen LogP contribution in [-0.4, -0.2) is 20.7 Å². The summed E-state index contributed by atoms with van der Waals surface area (Å²) in [6.07, 6.45) is 3.27. The highest BCUT2D eigenvalue weighted by Gasteiger charge is 2.24. The zero-order chi connectivity index (χ0) is 16.8. The van der Waals surface area contributed by atoms with Crippen LogP contribution in [0.3, 0.4) is 0 Å². The van der Waals surface area contributed by atoms with Gasteiger partial charge in [-0.2, -0.15) is 5.10 Å². The van der Waals surface area contributed by atoms with Crippen molar-refractivity contribution in [2.75, 3.05) is 5.32 Å². The number of carbonyl (C=O) groups excluding carboxylic acids is 1. The van der Waals surface area contributed by atoms with Crippen molar-refractivity contribution in [3.63, 3.8) is 0 Å². The second-order valence-electron chi connectivity index (χ2n) is 7.48. The lowest BCUT2D eigenvalue weighted by atomic mass is 9.92. The van der Waals surface area contributed by atoms with E-state index in [1.165, 1.54) is 11.3 Å². The Morgan fingerprint density at radius 3 is 2.83 bits per heavy atom. The number of amides is 1. The van der Waals surface area contributed by atoms with E-state index >= 15 is 0 Å². The fourth-order valence-electron chi connectivity index (χ4n) is 2.80. The molecule has 0 radical (unpaired) electrons. The first kappa shape index (κ1) is 16.2. The van der Waals surface area contributed by atoms with Crippen molar-refractivity contribution in [3.8, 4) is 0 Å². The summed E-state index contributed by atoms with van der Waals surface area (Å²) in [6.45, 7) is 8.54. The van der Waals surface area contributed by atoms with Gasteiger partial charge in [0.05, 0.1) is 11.4 Å². The summed E-state index contributed by atoms with van der Waals surface area (Å²) in [5, 5.41) is 8.10. The molecule has 5 nitrogen and oxygen atoms in total. The van der Waals surface area contributed by atoms with Gasteiger partial charge in [-0.25, -0.2) is 4.98 Å². The van der Waals surface area contributed by atoms with Crippen molar-refractivity contribution in [2.24, 2.45) is 13.0 Å². The Morgan fingerprint density at radius 2 is 2.17 bits per heavy atom. The Kier molecular flexibility index (Phi) is 4.04. The molecular weight excluding hydrogens is 308 g/mol. The number of thiazole rings is 1. The van der Waals surface area contributed by atoms with Gasteiger partial charge in [0, 0.05) is 17.3 Å². The van der Waals surface area contributed by atoms with Crippen molar-refractivity contribution < 1.29 is 4.79 Å². The number of rotatable bonds is 2. The summed E-state index contributed by atoms with van der Waals surface area (Å²) < 4.78 is 1.64. The maximum atomic E-state index is 12.5. The van der Waals surface area contributed by atoms with Crippen LogP contribution in [0.15, 0.2) is 6.07 Å². The Bertz CT molecular complexity index is 738. The third kappa shape index (κ3) is 3.32. The first-order valence-electron chi connectivity index (χ1n) is 8.08. The molecule has 124 valence electrons. The third-order valence-electron chi connectivity index (χ3n) is 4.29. The van der Waals surface area contributed by atoms with Crippen LogP contribution in [0.25, 0.3) is 0 Å². The molecule has 0 aromatic carbocycles. The zero-order valence-corrected chi connectivity index (χ0v) is 15.3. The fourth-order valence-corrected chi connectivity index (χ4v) is 3.97. The second-order valence-corrected chi connectivity index (χ2v) is 8.56. The summed E-state index contributed by atoms with van der Waals surface area (Å²) in [4.78, 5) is 18.5. The molecule has 2 heterocycles. The number of aromatic nitrogens is 3. The van der Waals surface area contributed by atoms with Gasteiger partial charge in [-0.1, -0.05) is 27.7 Å². The molecule has 23 heavy (non-hydrogen) atoms. The minimum Gasteiger partial charge on any atom is -0.296 e. The molecule has 0 saturated carbocycles. The monoisotopic (exact) mass is 332 g/mol. The van der Waals surface area contributed by atoms with Gasteiger partial charge in [-0.15, -0.1) is 11.3 Å². The van der Waals surface area contributed by atoms with Crippen molar-refractivity contribution in [1.82, 2.24) is 14.8 Å². The van der Waals surface area contributed by atoms with Crippen molar-refractivity contribution in [2.45, 2.75) is 52.4 Å². The second kappa shape index (κ2) is 5.74. The van der Waals surface area contributed by atoms with E-state index in [-0.39, 0.29) is 11.3 Å². The van der Waals surface area contributed by atoms with Crippen LogP contribution in [-0.2, 0) is 25.3 Å². The largest absolute Gasteiger partial charge is 0.296 e. The Balaban J connectivity index is 1.79. The van der Waals surface area contributed by atoms with Gasteiger partial charge in [0.25, 0.3) is 5.91 Å². The highest BCUT2D eigenvalue weighted by atomic mass is 32.1. The average Bonchev–Trinajstić information content (AvgIpc) is 3.00. The molecule has 2 aromatic rings. The van der Waals surface area contributed by atoms with Gasteiger partial charge < -0.3 is 0 Å². The number of carbonyl (C=O) groups is 1. The van der Waals surface area contributed by atoms with Crippen LogP contribution < -0.4 is 5.32 Å². The summed E-state index contributed by atoms with van der Waals surface area (Å²) in [6, 6.07) is 1.87. The van der Waals surface area contributed by atoms with Crippen molar-refractivity contribution >= 4 is 22.4 Å². The predicted molar refractivity (Wildman–Crippen MR) is 93.2 cm³/mol. The molecule has 6 heteroatoms. The number of nitrogens with one attached hydrogen (secondary N) is 1. The first-order valence-corrected chi connectivity index (χ1v) is 8.90. The van der Waals surface area contributed by atoms with E-state index in [0.29, 0.717) is 16.7 Å². The lowest BCUT2D eigenvalue weighted by Gasteiger charge is -2.15. The number of anilines is 1. The lowest BCUT2D eigenvalue weighted by Crippen LogP contribution is -2.16. The summed E-state index contributed by atoms with van der Waals surface area (Å²) in [7, 11) is 1.80. The molecule has 0 saturated heterocycles. The molecule has 1 aliphatic carbocycles. The number of hydrogen-bond donors (Lipinski definition) is 1. The molecule has 0 aliphatic heterocycles. The highest BCUT2D eigenvalue weighted by Crippen LogP contribution is 2.32. The van der Waals surface area contributed by atoms with E-state index < -0.39 is 0 Å². The molecule has 1 atom stereocenters. The van der Waals surface area contributed by atoms with Gasteiger partial charge in [0.2, 0.25) is 0 Å². The number of nitrogens with zero attached hydrogens (tertiary/aromatic N) is 3. The molecule has 1 N–H and O–H groups in total. The highest BCUT2D eigenvalue weighted by molar-refractivity contribution is 7.15. The van der Waals surface area contributed by atoms with E-state index in [2.05, 4.69) is 43.1 Å². The summed E-state index contributed by atoms with van der Waals surface area (Å²) in [5.41, 5.74) is 2.56. The van der Waals surface area contributed by atoms with Crippen LogP contribution in [0.1, 0.15) is 60.9 Å². The maximum Gasteiger partial charge on any atom is 0.275 e. The molecule has 3 rings (SSSR count). The van der Waals surface area contributed by atoms with E-state index in [1.807, 2.05) is 6.07 Å². The Labute approximate surface area is 141 Å². The normalized spacial score (nSPS) is 17.9. The average molecular weight is 332 g/mol. The van der Waals surface area contributed by atoms with Crippen LogP contribution >= 0.6 is 11.3 Å². The smallest absolute Gasteiger partial charge is 0.275 e. The minimum absolute atomic E-state index is 0.0767. The van der Waals surface area contributed by atoms with Crippen LogP contribution in [0.2, 0.25) is 0 Å². The lowest BCUT2D eigenvalue weighted by molar-refractivity contribution is 0.101. The van der Waals surface area contributed by atoms with Crippen LogP contribution in [0.4, 0.5) is 5.13 Å². The molecule has 0 spiro atoms. The Morgan fingerprint density at radius 1 is 1.43 bits per heavy atom. The minimum atomic E-state index is -0.144. The fraction of sp³-hybridized carbons (Fsp3) is 0.588. The first-order chi connectivity index (χ1) is 10.7. The van der Waals surface area contributed by atoms with Gasteiger partial charge in [-0.3, -0.25) is 14.8 Å². The number of aryl methyl sites for hydroxylation is 2. The SMILES string of the molecule is C[C@H]1CCc2nc(NC(=O)c3cc(C(C)(C)C)nn3C)sc2C1. The van der Waals surface area contributed by atoms with Gasteiger partial charge in [0.1, 0.15) is 5.69 Å². The molecule has 1 amide bonds. The molecule has 0 bridgehead atoms. The summed E-state index contributed by atoms with van der Waals surface area (Å²) in [5.74, 6) is 0.563. The van der Waals surface area contributed by atoms with Crippen molar-refractivity contribution in [1.29, 1.82) is 0 Å².